The minimum Gasteiger partial charge on any atom is -0.508 e. The van der Waals surface area contributed by atoms with Gasteiger partial charge in [-0.2, -0.15) is 13.2 Å². The van der Waals surface area contributed by atoms with E-state index in [-0.39, 0.29) is 23.0 Å². The van der Waals surface area contributed by atoms with Gasteiger partial charge in [0.2, 0.25) is 0 Å². The van der Waals surface area contributed by atoms with Crippen LogP contribution in [0, 0.1) is 20.8 Å². The number of phenolic OH excluding ortho intramolecular Hbond substituents is 1. The van der Waals surface area contributed by atoms with Gasteiger partial charge in [0.25, 0.3) is 0 Å². The Morgan fingerprint density at radius 2 is 1.87 bits per heavy atom. The maximum atomic E-state index is 12.6. The highest BCUT2D eigenvalue weighted by molar-refractivity contribution is 6.11. The molecule has 0 aliphatic carbocycles. The highest BCUT2D eigenvalue weighted by atomic mass is 19.4. The Morgan fingerprint density at radius 1 is 1.13 bits per heavy atom. The predicted molar refractivity (Wildman–Crippen MR) is 106 cm³/mol. The lowest BCUT2D eigenvalue weighted by Crippen LogP contribution is -2.19. The zero-order chi connectivity index (χ0) is 21.8. The van der Waals surface area contributed by atoms with Gasteiger partial charge >= 0.3 is 6.18 Å². The van der Waals surface area contributed by atoms with E-state index in [2.05, 4.69) is 15.0 Å². The number of halogens is 3. The molecule has 3 aromatic heterocycles. The summed E-state index contributed by atoms with van der Waals surface area (Å²) in [7, 11) is 0. The van der Waals surface area contributed by atoms with Crippen molar-refractivity contribution in [1.82, 2.24) is 19.5 Å². The number of nitrogen functional groups attached to an aromatic ring is 1. The third kappa shape index (κ3) is 3.14. The second-order valence-electron chi connectivity index (χ2n) is 7.02. The average Bonchev–Trinajstić information content (AvgIpc) is 2.97. The highest BCUT2D eigenvalue weighted by Gasteiger charge is 2.29. The third-order valence-electron chi connectivity index (χ3n) is 4.92. The maximum Gasteiger partial charge on any atom is 0.422 e. The molecule has 0 unspecified atom stereocenters. The molecule has 0 bridgehead atoms. The number of rotatable bonds is 3. The lowest BCUT2D eigenvalue weighted by atomic mass is 10.1. The van der Waals surface area contributed by atoms with Crippen LogP contribution >= 0.6 is 0 Å². The van der Waals surface area contributed by atoms with Crippen molar-refractivity contribution in [2.75, 3.05) is 12.3 Å². The summed E-state index contributed by atoms with van der Waals surface area (Å²) in [4.78, 5) is 12.9. The molecule has 3 N–H and O–H groups in total. The van der Waals surface area contributed by atoms with Crippen molar-refractivity contribution in [2.45, 2.75) is 26.9 Å². The topological polar surface area (TPSA) is 99.1 Å². The number of nitrogens with zero attached hydrogens (tertiary/aromatic N) is 4. The van der Waals surface area contributed by atoms with Crippen molar-refractivity contribution in [3.05, 3.63) is 41.3 Å². The Balaban J connectivity index is 2.08. The first-order valence-electron chi connectivity index (χ1n) is 9.00. The molecular weight excluding hydrogens is 399 g/mol. The average molecular weight is 417 g/mol. The number of anilines is 1. The van der Waals surface area contributed by atoms with Crippen molar-refractivity contribution in [3.8, 4) is 17.2 Å². The first-order valence-corrected chi connectivity index (χ1v) is 9.00. The summed E-state index contributed by atoms with van der Waals surface area (Å²) in [6.07, 6.45) is -3.18. The van der Waals surface area contributed by atoms with E-state index in [1.165, 1.54) is 12.4 Å². The lowest BCUT2D eigenvalue weighted by Gasteiger charge is -2.15. The van der Waals surface area contributed by atoms with Crippen molar-refractivity contribution >= 4 is 27.9 Å². The molecule has 0 atom stereocenters. The van der Waals surface area contributed by atoms with Crippen molar-refractivity contribution in [2.24, 2.45) is 0 Å². The second kappa shape index (κ2) is 6.75. The molecule has 3 heterocycles. The summed E-state index contributed by atoms with van der Waals surface area (Å²) in [5.74, 6) is 0.243. The van der Waals surface area contributed by atoms with Crippen molar-refractivity contribution < 1.29 is 23.0 Å². The van der Waals surface area contributed by atoms with E-state index in [1.807, 2.05) is 6.92 Å². The molecule has 0 aliphatic rings. The van der Waals surface area contributed by atoms with Gasteiger partial charge in [0, 0.05) is 10.9 Å². The number of fused-ring (bicyclic) bond motifs is 3. The monoisotopic (exact) mass is 417 g/mol. The van der Waals surface area contributed by atoms with Gasteiger partial charge in [0.05, 0.1) is 16.8 Å². The molecule has 30 heavy (non-hydrogen) atoms. The van der Waals surface area contributed by atoms with Gasteiger partial charge in [-0.3, -0.25) is 4.57 Å². The third-order valence-corrected chi connectivity index (χ3v) is 4.92. The molecular formula is C20H18F3N5O2. The van der Waals surface area contributed by atoms with E-state index < -0.39 is 12.8 Å². The zero-order valence-electron chi connectivity index (χ0n) is 16.4. The molecule has 0 fully saturated rings. The number of pyridine rings is 1. The zero-order valence-corrected chi connectivity index (χ0v) is 16.4. The molecule has 1 aromatic carbocycles. The van der Waals surface area contributed by atoms with E-state index >= 15 is 0 Å². The van der Waals surface area contributed by atoms with Crippen LogP contribution in [0.4, 0.5) is 19.0 Å². The van der Waals surface area contributed by atoms with Gasteiger partial charge in [-0.15, -0.1) is 0 Å². The van der Waals surface area contributed by atoms with Crippen molar-refractivity contribution in [3.63, 3.8) is 0 Å². The van der Waals surface area contributed by atoms with E-state index in [9.17, 15) is 18.3 Å². The molecule has 4 rings (SSSR count). The van der Waals surface area contributed by atoms with Crippen LogP contribution < -0.4 is 10.5 Å². The van der Waals surface area contributed by atoms with E-state index in [0.29, 0.717) is 33.3 Å². The van der Waals surface area contributed by atoms with Crippen LogP contribution in [-0.2, 0) is 0 Å². The summed E-state index contributed by atoms with van der Waals surface area (Å²) in [6.45, 7) is 3.76. The number of alkyl halides is 3. The molecule has 7 nitrogen and oxygen atoms in total. The smallest absolute Gasteiger partial charge is 0.422 e. The van der Waals surface area contributed by atoms with Crippen LogP contribution in [0.5, 0.6) is 11.5 Å². The van der Waals surface area contributed by atoms with Crippen LogP contribution in [0.3, 0.4) is 0 Å². The van der Waals surface area contributed by atoms with Gasteiger partial charge in [0.1, 0.15) is 29.3 Å². The van der Waals surface area contributed by atoms with Gasteiger partial charge in [-0.1, -0.05) is 6.07 Å². The number of ether oxygens (including phenoxy) is 1. The largest absolute Gasteiger partial charge is 0.508 e. The van der Waals surface area contributed by atoms with Crippen LogP contribution in [0.1, 0.15) is 16.8 Å². The summed E-state index contributed by atoms with van der Waals surface area (Å²) in [6, 6.07) is 4.82. The van der Waals surface area contributed by atoms with Gasteiger partial charge < -0.3 is 15.6 Å². The summed E-state index contributed by atoms with van der Waals surface area (Å²) in [5.41, 5.74) is 9.31. The fraction of sp³-hybridized carbons (Fsp3) is 0.250. The molecule has 156 valence electrons. The molecule has 0 radical (unpaired) electrons. The minimum absolute atomic E-state index is 0.00789. The Morgan fingerprint density at radius 3 is 2.57 bits per heavy atom. The molecule has 0 saturated heterocycles. The standard InChI is InChI=1S/C20H18F3N5O2/c1-9-4-5-13(29)10(2)16(9)28-18-12(15-17(24)25-8-26-19(15)28)6-14(11(3)27-18)30-7-20(21,22)23/h4-6,8,29H,7H2,1-3H3,(H2,24,25,26). The lowest BCUT2D eigenvalue weighted by molar-refractivity contribution is -0.153. The number of aromatic hydroxyl groups is 1. The first kappa shape index (κ1) is 19.7. The van der Waals surface area contributed by atoms with Crippen molar-refractivity contribution in [1.29, 1.82) is 0 Å². The quantitative estimate of drug-likeness (QED) is 0.520. The van der Waals surface area contributed by atoms with Gasteiger partial charge in [-0.25, -0.2) is 15.0 Å². The van der Waals surface area contributed by atoms with Gasteiger partial charge in [0.15, 0.2) is 12.3 Å². The van der Waals surface area contributed by atoms with E-state index in [1.54, 1.807) is 30.5 Å². The number of benzene rings is 1. The Labute approximate surface area is 168 Å². The number of hydrogen-bond donors (Lipinski definition) is 2. The van der Waals surface area contributed by atoms with Crippen LogP contribution in [0.15, 0.2) is 24.5 Å². The van der Waals surface area contributed by atoms with E-state index in [0.717, 1.165) is 5.56 Å². The predicted octanol–water partition coefficient (Wildman–Crippen LogP) is 4.12. The summed E-state index contributed by atoms with van der Waals surface area (Å²) >= 11 is 0. The van der Waals surface area contributed by atoms with Crippen LogP contribution in [0.2, 0.25) is 0 Å². The molecule has 10 heteroatoms. The normalized spacial score (nSPS) is 12.1. The molecule has 0 saturated carbocycles. The molecule has 0 spiro atoms. The van der Waals surface area contributed by atoms with Crippen LogP contribution in [-0.4, -0.2) is 37.4 Å². The fourth-order valence-corrected chi connectivity index (χ4v) is 3.53. The Bertz CT molecular complexity index is 1300. The number of aryl methyl sites for hydroxylation is 2. The number of phenols is 1. The maximum absolute atomic E-state index is 12.6. The Hall–Kier alpha value is -3.56. The summed E-state index contributed by atoms with van der Waals surface area (Å²) in [5, 5.41) is 11.1. The molecule has 0 amide bonds. The van der Waals surface area contributed by atoms with E-state index in [4.69, 9.17) is 10.5 Å². The number of nitrogens with two attached hydrogens (primary N) is 1. The van der Waals surface area contributed by atoms with Gasteiger partial charge in [-0.05, 0) is 38.5 Å². The second-order valence-corrected chi connectivity index (χ2v) is 7.02. The SMILES string of the molecule is Cc1ccc(O)c(C)c1-n1c2nc(C)c(OCC(F)(F)F)cc2c2c(N)ncnc21. The highest BCUT2D eigenvalue weighted by Crippen LogP contribution is 2.38. The summed E-state index contributed by atoms with van der Waals surface area (Å²) < 4.78 is 44.6. The fourth-order valence-electron chi connectivity index (χ4n) is 3.53. The number of hydrogen-bond acceptors (Lipinski definition) is 6. The number of aromatic nitrogens is 4. The van der Waals surface area contributed by atoms with Crippen LogP contribution in [0.25, 0.3) is 27.8 Å². The molecule has 4 aromatic rings. The first-order chi connectivity index (χ1) is 14.1. The Kier molecular flexibility index (Phi) is 4.44. The molecule has 0 aliphatic heterocycles. The minimum atomic E-state index is -4.48.